The fourth-order valence-corrected chi connectivity index (χ4v) is 3.29. The van der Waals surface area contributed by atoms with Crippen LogP contribution in [0.2, 0.25) is 5.02 Å². The average Bonchev–Trinajstić information content (AvgIpc) is 3.41. The number of amides is 3. The molecule has 0 radical (unpaired) electrons. The van der Waals surface area contributed by atoms with Gasteiger partial charge in [-0.25, -0.2) is 0 Å². The van der Waals surface area contributed by atoms with E-state index in [1.54, 1.807) is 37.3 Å². The van der Waals surface area contributed by atoms with Gasteiger partial charge in [0.25, 0.3) is 0 Å². The van der Waals surface area contributed by atoms with E-state index in [2.05, 4.69) is 15.8 Å². The summed E-state index contributed by atoms with van der Waals surface area (Å²) in [5, 5.41) is 9.58. The number of anilines is 2. The van der Waals surface area contributed by atoms with Gasteiger partial charge in [-0.05, 0) is 44.0 Å². The summed E-state index contributed by atoms with van der Waals surface area (Å²) in [4.78, 5) is 38.8. The van der Waals surface area contributed by atoms with Gasteiger partial charge in [0.2, 0.25) is 17.7 Å². The number of carbonyl (C=O) groups is 3. The van der Waals surface area contributed by atoms with E-state index in [1.165, 1.54) is 4.90 Å². The van der Waals surface area contributed by atoms with Crippen LogP contribution < -0.4 is 15.5 Å². The standard InChI is InChI=1S/C21H25ClN4O5/c1-14-11-18(25-31-14)24-19(27)8-9-21(29)26(16-6-4-15(22)5-7-16)13-20(28)23-12-17-3-2-10-30-17/h4-7,11,17H,2-3,8-10,12-13H2,1H3,(H,23,28)(H,24,25,27)/t17-/m0/s1. The molecule has 0 bridgehead atoms. The highest BCUT2D eigenvalue weighted by molar-refractivity contribution is 6.30. The van der Waals surface area contributed by atoms with Crippen LogP contribution in [0.1, 0.15) is 31.4 Å². The third-order valence-corrected chi connectivity index (χ3v) is 5.01. The molecule has 9 nitrogen and oxygen atoms in total. The van der Waals surface area contributed by atoms with Gasteiger partial charge in [-0.1, -0.05) is 16.8 Å². The molecular weight excluding hydrogens is 424 g/mol. The first-order valence-corrected chi connectivity index (χ1v) is 10.5. The van der Waals surface area contributed by atoms with Crippen molar-refractivity contribution in [2.24, 2.45) is 0 Å². The van der Waals surface area contributed by atoms with Gasteiger partial charge in [0, 0.05) is 42.8 Å². The Balaban J connectivity index is 1.58. The second kappa shape index (κ2) is 10.9. The first-order chi connectivity index (χ1) is 14.9. The number of carbonyl (C=O) groups excluding carboxylic acids is 3. The van der Waals surface area contributed by atoms with Crippen LogP contribution in [0, 0.1) is 6.92 Å². The van der Waals surface area contributed by atoms with Crippen molar-refractivity contribution in [3.63, 3.8) is 0 Å². The molecule has 1 saturated heterocycles. The minimum atomic E-state index is -0.375. The Bertz CT molecular complexity index is 909. The normalized spacial score (nSPS) is 15.5. The molecule has 0 unspecified atom stereocenters. The SMILES string of the molecule is Cc1cc(NC(=O)CCC(=O)N(CC(=O)NC[C@@H]2CCCO2)c2ccc(Cl)cc2)no1. The Morgan fingerprint density at radius 2 is 1.97 bits per heavy atom. The van der Waals surface area contributed by atoms with Gasteiger partial charge in [0.05, 0.1) is 6.10 Å². The molecule has 10 heteroatoms. The molecule has 2 heterocycles. The maximum atomic E-state index is 12.9. The highest BCUT2D eigenvalue weighted by Gasteiger charge is 2.22. The summed E-state index contributed by atoms with van der Waals surface area (Å²) >= 11 is 5.94. The number of halogens is 1. The molecule has 0 spiro atoms. The van der Waals surface area contributed by atoms with Gasteiger partial charge in [-0.15, -0.1) is 0 Å². The Morgan fingerprint density at radius 3 is 2.61 bits per heavy atom. The molecule has 1 aromatic carbocycles. The van der Waals surface area contributed by atoms with Crippen molar-refractivity contribution in [1.82, 2.24) is 10.5 Å². The quantitative estimate of drug-likeness (QED) is 0.609. The van der Waals surface area contributed by atoms with Gasteiger partial charge in [0.1, 0.15) is 12.3 Å². The van der Waals surface area contributed by atoms with E-state index >= 15 is 0 Å². The molecule has 1 atom stereocenters. The van der Waals surface area contributed by atoms with Crippen LogP contribution >= 0.6 is 11.6 Å². The van der Waals surface area contributed by atoms with Crippen molar-refractivity contribution in [3.8, 4) is 0 Å². The molecule has 0 saturated carbocycles. The lowest BCUT2D eigenvalue weighted by Gasteiger charge is -2.23. The van der Waals surface area contributed by atoms with Crippen LogP contribution in [0.15, 0.2) is 34.9 Å². The minimum absolute atomic E-state index is 0.00694. The summed E-state index contributed by atoms with van der Waals surface area (Å²) in [6.45, 7) is 2.64. The summed E-state index contributed by atoms with van der Waals surface area (Å²) in [7, 11) is 0. The smallest absolute Gasteiger partial charge is 0.240 e. The van der Waals surface area contributed by atoms with E-state index < -0.39 is 0 Å². The van der Waals surface area contributed by atoms with E-state index in [0.717, 1.165) is 12.8 Å². The van der Waals surface area contributed by atoms with Gasteiger partial charge >= 0.3 is 0 Å². The molecule has 2 N–H and O–H groups in total. The summed E-state index contributed by atoms with van der Waals surface area (Å²) in [5.41, 5.74) is 0.522. The molecular formula is C21H25ClN4O5. The maximum absolute atomic E-state index is 12.9. The topological polar surface area (TPSA) is 114 Å². The number of aryl methyl sites for hydroxylation is 1. The number of nitrogens with one attached hydrogen (secondary N) is 2. The van der Waals surface area contributed by atoms with Crippen molar-refractivity contribution in [1.29, 1.82) is 0 Å². The summed E-state index contributed by atoms with van der Waals surface area (Å²) in [5.74, 6) is -0.185. The number of ether oxygens (including phenoxy) is 1. The zero-order valence-corrected chi connectivity index (χ0v) is 18.0. The van der Waals surface area contributed by atoms with Crippen LogP contribution in [-0.4, -0.2) is 48.7 Å². The lowest BCUT2D eigenvalue weighted by Crippen LogP contribution is -2.43. The summed E-state index contributed by atoms with van der Waals surface area (Å²) in [6, 6.07) is 8.18. The Hall–Kier alpha value is -2.91. The van der Waals surface area contributed by atoms with Crippen molar-refractivity contribution >= 4 is 40.8 Å². The van der Waals surface area contributed by atoms with Gasteiger partial charge < -0.3 is 24.8 Å². The lowest BCUT2D eigenvalue weighted by molar-refractivity contribution is -0.125. The molecule has 1 aliphatic rings. The maximum Gasteiger partial charge on any atom is 0.240 e. The predicted octanol–water partition coefficient (Wildman–Crippen LogP) is 2.68. The first kappa shape index (κ1) is 22.8. The number of hydrogen-bond donors (Lipinski definition) is 2. The van der Waals surface area contributed by atoms with Crippen LogP contribution in [-0.2, 0) is 19.1 Å². The van der Waals surface area contributed by atoms with Crippen molar-refractivity contribution in [3.05, 3.63) is 41.1 Å². The lowest BCUT2D eigenvalue weighted by atomic mass is 10.2. The molecule has 0 aliphatic carbocycles. The van der Waals surface area contributed by atoms with E-state index in [9.17, 15) is 14.4 Å². The molecule has 1 aliphatic heterocycles. The molecule has 2 aromatic rings. The van der Waals surface area contributed by atoms with Crippen molar-refractivity contribution in [2.75, 3.05) is 29.9 Å². The van der Waals surface area contributed by atoms with Crippen LogP contribution in [0.4, 0.5) is 11.5 Å². The van der Waals surface area contributed by atoms with Crippen LogP contribution in [0.5, 0.6) is 0 Å². The summed E-state index contributed by atoms with van der Waals surface area (Å²) < 4.78 is 10.4. The number of aromatic nitrogens is 1. The number of benzene rings is 1. The molecule has 3 rings (SSSR count). The second-order valence-electron chi connectivity index (χ2n) is 7.27. The highest BCUT2D eigenvalue weighted by atomic mass is 35.5. The largest absolute Gasteiger partial charge is 0.376 e. The summed E-state index contributed by atoms with van der Waals surface area (Å²) in [6.07, 6.45) is 1.75. The molecule has 1 fully saturated rings. The molecule has 3 amide bonds. The zero-order valence-electron chi connectivity index (χ0n) is 17.2. The molecule has 31 heavy (non-hydrogen) atoms. The monoisotopic (exact) mass is 448 g/mol. The first-order valence-electron chi connectivity index (χ1n) is 10.1. The molecule has 166 valence electrons. The predicted molar refractivity (Wildman–Crippen MR) is 115 cm³/mol. The second-order valence-corrected chi connectivity index (χ2v) is 7.70. The fraction of sp³-hybridized carbons (Fsp3) is 0.429. The third-order valence-electron chi connectivity index (χ3n) is 4.75. The van der Waals surface area contributed by atoms with Gasteiger partial charge in [0.15, 0.2) is 5.82 Å². The van der Waals surface area contributed by atoms with E-state index in [-0.39, 0.29) is 49.0 Å². The van der Waals surface area contributed by atoms with Crippen molar-refractivity contribution < 1.29 is 23.6 Å². The zero-order chi connectivity index (χ0) is 22.2. The number of nitrogens with zero attached hydrogens (tertiary/aromatic N) is 2. The Kier molecular flexibility index (Phi) is 8.02. The average molecular weight is 449 g/mol. The fourth-order valence-electron chi connectivity index (χ4n) is 3.16. The van der Waals surface area contributed by atoms with Crippen molar-refractivity contribution in [2.45, 2.75) is 38.7 Å². The van der Waals surface area contributed by atoms with Crippen LogP contribution in [0.3, 0.4) is 0 Å². The van der Waals surface area contributed by atoms with Crippen LogP contribution in [0.25, 0.3) is 0 Å². The highest BCUT2D eigenvalue weighted by Crippen LogP contribution is 2.19. The number of rotatable bonds is 9. The van der Waals surface area contributed by atoms with Gasteiger partial charge in [-0.2, -0.15) is 0 Å². The molecule has 1 aromatic heterocycles. The van der Waals surface area contributed by atoms with E-state index in [1.807, 2.05) is 0 Å². The minimum Gasteiger partial charge on any atom is -0.376 e. The van der Waals surface area contributed by atoms with E-state index in [4.69, 9.17) is 20.9 Å². The van der Waals surface area contributed by atoms with E-state index in [0.29, 0.717) is 29.6 Å². The number of hydrogen-bond acceptors (Lipinski definition) is 6. The Labute approximate surface area is 185 Å². The Morgan fingerprint density at radius 1 is 1.19 bits per heavy atom. The van der Waals surface area contributed by atoms with Gasteiger partial charge in [-0.3, -0.25) is 14.4 Å². The third kappa shape index (κ3) is 7.08.